The van der Waals surface area contributed by atoms with Crippen molar-refractivity contribution in [2.24, 2.45) is 0 Å². The zero-order valence-electron chi connectivity index (χ0n) is 11.5. The summed E-state index contributed by atoms with van der Waals surface area (Å²) < 4.78 is 1.11. The lowest BCUT2D eigenvalue weighted by atomic mass is 10.1. The maximum absolute atomic E-state index is 6.21. The molecule has 1 N–H and O–H groups in total. The van der Waals surface area contributed by atoms with Gasteiger partial charge in [-0.2, -0.15) is 0 Å². The first-order valence-corrected chi connectivity index (χ1v) is 8.57. The number of halogens is 2. The van der Waals surface area contributed by atoms with Gasteiger partial charge in [0.25, 0.3) is 0 Å². The second-order valence-electron chi connectivity index (χ2n) is 4.62. The Hall–Kier alpha value is -0.480. The fourth-order valence-electron chi connectivity index (χ4n) is 1.91. The zero-order chi connectivity index (χ0) is 14.5. The molecule has 2 aromatic carbocycles. The van der Waals surface area contributed by atoms with Gasteiger partial charge in [0.2, 0.25) is 0 Å². The molecule has 4 heteroatoms. The summed E-state index contributed by atoms with van der Waals surface area (Å²) in [6.07, 6.45) is 0. The normalized spacial score (nSPS) is 12.4. The molecule has 20 heavy (non-hydrogen) atoms. The number of rotatable bonds is 5. The molecular weight excluding hydrogens is 354 g/mol. The van der Waals surface area contributed by atoms with Gasteiger partial charge in [0.15, 0.2) is 0 Å². The van der Waals surface area contributed by atoms with Crippen molar-refractivity contribution in [3.05, 3.63) is 63.1 Å². The number of benzene rings is 2. The van der Waals surface area contributed by atoms with E-state index < -0.39 is 0 Å². The van der Waals surface area contributed by atoms with Crippen LogP contribution in [0.15, 0.2) is 51.8 Å². The van der Waals surface area contributed by atoms with Crippen molar-refractivity contribution in [1.82, 2.24) is 5.32 Å². The molecule has 0 spiro atoms. The van der Waals surface area contributed by atoms with E-state index >= 15 is 0 Å². The second kappa shape index (κ2) is 7.51. The van der Waals surface area contributed by atoms with Crippen LogP contribution in [0.3, 0.4) is 0 Å². The highest BCUT2D eigenvalue weighted by molar-refractivity contribution is 9.10. The largest absolute Gasteiger partial charge is 0.312 e. The van der Waals surface area contributed by atoms with Crippen molar-refractivity contribution in [3.8, 4) is 0 Å². The molecule has 0 saturated heterocycles. The quantitative estimate of drug-likeness (QED) is 0.701. The monoisotopic (exact) mass is 369 g/mol. The van der Waals surface area contributed by atoms with Crippen molar-refractivity contribution in [2.45, 2.75) is 17.9 Å². The molecule has 0 amide bonds. The Labute approximate surface area is 138 Å². The Balaban J connectivity index is 2.07. The predicted octanol–water partition coefficient (Wildman–Crippen LogP) is 5.46. The minimum Gasteiger partial charge on any atom is -0.312 e. The molecule has 0 aliphatic carbocycles. The van der Waals surface area contributed by atoms with E-state index in [1.807, 2.05) is 31.8 Å². The van der Waals surface area contributed by atoms with Crippen LogP contribution in [0.25, 0.3) is 0 Å². The van der Waals surface area contributed by atoms with Crippen LogP contribution in [-0.4, -0.2) is 12.8 Å². The molecule has 0 saturated carbocycles. The van der Waals surface area contributed by atoms with E-state index in [1.54, 1.807) is 0 Å². The van der Waals surface area contributed by atoms with Gasteiger partial charge in [-0.1, -0.05) is 45.7 Å². The van der Waals surface area contributed by atoms with Gasteiger partial charge in [-0.25, -0.2) is 0 Å². The van der Waals surface area contributed by atoms with Crippen molar-refractivity contribution >= 4 is 39.3 Å². The number of hydrogen-bond acceptors (Lipinski definition) is 2. The number of aryl methyl sites for hydroxylation is 1. The first-order chi connectivity index (χ1) is 9.60. The molecule has 0 heterocycles. The summed E-state index contributed by atoms with van der Waals surface area (Å²) in [7, 11) is 1.99. The lowest BCUT2D eigenvalue weighted by Crippen LogP contribution is -2.18. The van der Waals surface area contributed by atoms with Gasteiger partial charge in [-0.3, -0.25) is 0 Å². The highest BCUT2D eigenvalue weighted by Gasteiger charge is 2.11. The maximum Gasteiger partial charge on any atom is 0.0438 e. The molecule has 1 nitrogen and oxygen atoms in total. The van der Waals surface area contributed by atoms with Gasteiger partial charge in [-0.15, -0.1) is 11.8 Å². The van der Waals surface area contributed by atoms with Gasteiger partial charge in [0, 0.05) is 26.2 Å². The van der Waals surface area contributed by atoms with Crippen molar-refractivity contribution in [2.75, 3.05) is 12.8 Å². The smallest absolute Gasteiger partial charge is 0.0438 e. The molecule has 0 aliphatic heterocycles. The maximum atomic E-state index is 6.21. The molecule has 1 unspecified atom stereocenters. The first-order valence-electron chi connectivity index (χ1n) is 6.42. The Morgan fingerprint density at radius 1 is 1.25 bits per heavy atom. The summed E-state index contributed by atoms with van der Waals surface area (Å²) in [5.41, 5.74) is 2.34. The summed E-state index contributed by atoms with van der Waals surface area (Å²) >= 11 is 11.6. The SMILES string of the molecule is CNC(CSc1cccc(Br)c1)c1ccc(C)c(Cl)c1. The van der Waals surface area contributed by atoms with E-state index in [-0.39, 0.29) is 6.04 Å². The summed E-state index contributed by atoms with van der Waals surface area (Å²) in [6.45, 7) is 2.02. The van der Waals surface area contributed by atoms with Gasteiger partial charge in [0.1, 0.15) is 0 Å². The summed E-state index contributed by atoms with van der Waals surface area (Å²) in [5.74, 6) is 0.965. The van der Waals surface area contributed by atoms with E-state index in [0.29, 0.717) is 0 Å². The highest BCUT2D eigenvalue weighted by Crippen LogP contribution is 2.28. The second-order valence-corrected chi connectivity index (χ2v) is 7.03. The lowest BCUT2D eigenvalue weighted by molar-refractivity contribution is 0.662. The highest BCUT2D eigenvalue weighted by atomic mass is 79.9. The fraction of sp³-hybridized carbons (Fsp3) is 0.250. The molecule has 2 aromatic rings. The Kier molecular flexibility index (Phi) is 5.97. The third-order valence-corrected chi connectivity index (χ3v) is 5.15. The standard InChI is InChI=1S/C16H17BrClNS/c1-11-6-7-12(8-15(11)18)16(19-2)10-20-14-5-3-4-13(17)9-14/h3-9,16,19H,10H2,1-2H3. The van der Waals surface area contributed by atoms with Gasteiger partial charge < -0.3 is 5.32 Å². The van der Waals surface area contributed by atoms with E-state index in [9.17, 15) is 0 Å². The Morgan fingerprint density at radius 2 is 2.05 bits per heavy atom. The summed E-state index contributed by atoms with van der Waals surface area (Å²) in [5, 5.41) is 4.19. The Bertz CT molecular complexity index is 588. The number of nitrogens with one attached hydrogen (secondary N) is 1. The zero-order valence-corrected chi connectivity index (χ0v) is 14.6. The third kappa shape index (κ3) is 4.26. The average Bonchev–Trinajstić information content (AvgIpc) is 2.43. The minimum absolute atomic E-state index is 0.289. The molecule has 2 rings (SSSR count). The van der Waals surface area contributed by atoms with E-state index in [2.05, 4.69) is 57.6 Å². The van der Waals surface area contributed by atoms with Crippen LogP contribution >= 0.6 is 39.3 Å². The summed E-state index contributed by atoms with van der Waals surface area (Å²) in [6, 6.07) is 14.9. The third-order valence-electron chi connectivity index (χ3n) is 3.16. The average molecular weight is 371 g/mol. The van der Waals surface area contributed by atoms with Crippen LogP contribution in [0.1, 0.15) is 17.2 Å². The molecule has 106 valence electrons. The molecular formula is C16H17BrClNS. The first kappa shape index (κ1) is 15.9. The van der Waals surface area contributed by atoms with Crippen LogP contribution in [0, 0.1) is 6.92 Å². The van der Waals surface area contributed by atoms with Gasteiger partial charge >= 0.3 is 0 Å². The molecule has 0 aromatic heterocycles. The van der Waals surface area contributed by atoms with Crippen LogP contribution in [0.2, 0.25) is 5.02 Å². The van der Waals surface area contributed by atoms with Crippen molar-refractivity contribution < 1.29 is 0 Å². The molecule has 0 bridgehead atoms. The predicted molar refractivity (Wildman–Crippen MR) is 92.9 cm³/mol. The Morgan fingerprint density at radius 3 is 2.70 bits per heavy atom. The van der Waals surface area contributed by atoms with Crippen molar-refractivity contribution in [1.29, 1.82) is 0 Å². The van der Waals surface area contributed by atoms with Gasteiger partial charge in [0.05, 0.1) is 0 Å². The van der Waals surface area contributed by atoms with Crippen LogP contribution in [0.5, 0.6) is 0 Å². The van der Waals surface area contributed by atoms with Gasteiger partial charge in [-0.05, 0) is 49.4 Å². The van der Waals surface area contributed by atoms with E-state index in [1.165, 1.54) is 10.5 Å². The molecule has 0 fully saturated rings. The van der Waals surface area contributed by atoms with Crippen LogP contribution in [0.4, 0.5) is 0 Å². The lowest BCUT2D eigenvalue weighted by Gasteiger charge is -2.17. The van der Waals surface area contributed by atoms with E-state index in [4.69, 9.17) is 11.6 Å². The molecule has 0 aliphatic rings. The number of thioether (sulfide) groups is 1. The van der Waals surface area contributed by atoms with Crippen LogP contribution < -0.4 is 5.32 Å². The number of hydrogen-bond donors (Lipinski definition) is 1. The fourth-order valence-corrected chi connectivity index (χ4v) is 3.75. The molecule has 1 atom stereocenters. The topological polar surface area (TPSA) is 12.0 Å². The van der Waals surface area contributed by atoms with Crippen LogP contribution in [-0.2, 0) is 0 Å². The summed E-state index contributed by atoms with van der Waals surface area (Å²) in [4.78, 5) is 1.26. The minimum atomic E-state index is 0.289. The van der Waals surface area contributed by atoms with Crippen molar-refractivity contribution in [3.63, 3.8) is 0 Å². The van der Waals surface area contributed by atoms with E-state index in [0.717, 1.165) is 20.8 Å². The molecule has 0 radical (unpaired) electrons.